The maximum atomic E-state index is 12.8. The fraction of sp³-hybridized carbons (Fsp3) is 0.250. The van der Waals surface area contributed by atoms with E-state index in [1.807, 2.05) is 32.0 Å². The van der Waals surface area contributed by atoms with Crippen molar-refractivity contribution in [1.82, 2.24) is 4.98 Å². The first-order valence-electron chi connectivity index (χ1n) is 8.20. The molecule has 6 heteroatoms. The molecule has 2 aromatic carbocycles. The zero-order valence-corrected chi connectivity index (χ0v) is 14.3. The molecule has 3 rings (SSSR count). The number of carboxylic acid groups (broad SMARTS) is 1. The van der Waals surface area contributed by atoms with E-state index in [0.29, 0.717) is 16.8 Å². The molecule has 2 N–H and O–H groups in total. The van der Waals surface area contributed by atoms with Gasteiger partial charge in [0.05, 0.1) is 17.7 Å². The van der Waals surface area contributed by atoms with Crippen molar-refractivity contribution in [2.45, 2.75) is 32.4 Å². The molecule has 0 bridgehead atoms. The van der Waals surface area contributed by atoms with Crippen molar-refractivity contribution in [2.75, 3.05) is 0 Å². The number of benzene rings is 2. The van der Waals surface area contributed by atoms with E-state index in [0.717, 1.165) is 28.6 Å². The van der Waals surface area contributed by atoms with Crippen LogP contribution in [-0.2, 0) is 17.4 Å². The zero-order valence-electron chi connectivity index (χ0n) is 14.3. The number of rotatable bonds is 4. The summed E-state index contributed by atoms with van der Waals surface area (Å²) in [5.41, 5.74) is 2.74. The smallest absolute Gasteiger partial charge is 0.416 e. The third-order valence-corrected chi connectivity index (χ3v) is 4.43. The molecule has 0 aliphatic rings. The van der Waals surface area contributed by atoms with Gasteiger partial charge in [0, 0.05) is 10.9 Å². The second-order valence-corrected chi connectivity index (χ2v) is 6.58. The molecule has 0 unspecified atom stereocenters. The summed E-state index contributed by atoms with van der Waals surface area (Å²) < 4.78 is 38.3. The number of hydrogen-bond acceptors (Lipinski definition) is 1. The van der Waals surface area contributed by atoms with Crippen molar-refractivity contribution in [1.29, 1.82) is 0 Å². The van der Waals surface area contributed by atoms with E-state index in [1.165, 1.54) is 12.1 Å². The zero-order chi connectivity index (χ0) is 19.1. The maximum absolute atomic E-state index is 12.8. The predicted molar refractivity (Wildman–Crippen MR) is 94.2 cm³/mol. The number of H-pyrrole nitrogens is 1. The van der Waals surface area contributed by atoms with Gasteiger partial charge in [-0.3, -0.25) is 4.79 Å². The van der Waals surface area contributed by atoms with Crippen LogP contribution in [0.2, 0.25) is 0 Å². The van der Waals surface area contributed by atoms with Crippen LogP contribution in [-0.4, -0.2) is 16.1 Å². The number of carboxylic acids is 1. The molecule has 0 radical (unpaired) electrons. The van der Waals surface area contributed by atoms with Gasteiger partial charge in [-0.2, -0.15) is 13.2 Å². The molecule has 3 nitrogen and oxygen atoms in total. The minimum Gasteiger partial charge on any atom is -0.481 e. The molecule has 0 spiro atoms. The van der Waals surface area contributed by atoms with Crippen molar-refractivity contribution >= 4 is 16.9 Å². The Balaban J connectivity index is 2.16. The van der Waals surface area contributed by atoms with Crippen LogP contribution in [0.15, 0.2) is 42.5 Å². The number of aromatic amines is 1. The van der Waals surface area contributed by atoms with Gasteiger partial charge in [-0.25, -0.2) is 0 Å². The Morgan fingerprint density at radius 3 is 2.31 bits per heavy atom. The van der Waals surface area contributed by atoms with Gasteiger partial charge in [0.25, 0.3) is 0 Å². The van der Waals surface area contributed by atoms with E-state index >= 15 is 0 Å². The number of hydrogen-bond donors (Lipinski definition) is 2. The average Bonchev–Trinajstić information content (AvgIpc) is 2.91. The van der Waals surface area contributed by atoms with Gasteiger partial charge in [-0.05, 0) is 46.9 Å². The molecule has 0 fully saturated rings. The van der Waals surface area contributed by atoms with Gasteiger partial charge in [0.15, 0.2) is 0 Å². The second kappa shape index (κ2) is 6.52. The predicted octanol–water partition coefficient (Wildman–Crippen LogP) is 5.60. The standard InChI is InChI=1S/C20H18F3NO2/c1-11(2)13-5-8-17-15(9-13)16(10-18(25)26)19(24-17)12-3-6-14(7-4-12)20(21,22)23/h3-9,11,24H,10H2,1-2H3,(H,25,26). The first-order chi connectivity index (χ1) is 12.2. The summed E-state index contributed by atoms with van der Waals surface area (Å²) in [6, 6.07) is 10.5. The second-order valence-electron chi connectivity index (χ2n) is 6.58. The number of aromatic nitrogens is 1. The van der Waals surface area contributed by atoms with Crippen LogP contribution >= 0.6 is 0 Å². The van der Waals surface area contributed by atoms with Crippen LogP contribution in [0.25, 0.3) is 22.2 Å². The van der Waals surface area contributed by atoms with Crippen LogP contribution in [0.1, 0.15) is 36.5 Å². The minimum atomic E-state index is -4.41. The SMILES string of the molecule is CC(C)c1ccc2[nH]c(-c3ccc(C(F)(F)F)cc3)c(CC(=O)O)c2c1. The number of halogens is 3. The van der Waals surface area contributed by atoms with Crippen molar-refractivity contribution in [3.8, 4) is 11.3 Å². The lowest BCUT2D eigenvalue weighted by Crippen LogP contribution is -2.04. The highest BCUT2D eigenvalue weighted by molar-refractivity contribution is 5.94. The highest BCUT2D eigenvalue weighted by Gasteiger charge is 2.30. The van der Waals surface area contributed by atoms with Crippen LogP contribution < -0.4 is 0 Å². The molecular weight excluding hydrogens is 343 g/mol. The van der Waals surface area contributed by atoms with E-state index < -0.39 is 17.7 Å². The molecule has 1 aromatic heterocycles. The van der Waals surface area contributed by atoms with Gasteiger partial charge in [-0.15, -0.1) is 0 Å². The molecule has 3 aromatic rings. The van der Waals surface area contributed by atoms with E-state index in [1.54, 1.807) is 0 Å². The number of alkyl halides is 3. The van der Waals surface area contributed by atoms with E-state index in [4.69, 9.17) is 0 Å². The van der Waals surface area contributed by atoms with Crippen molar-refractivity contribution in [2.24, 2.45) is 0 Å². The number of fused-ring (bicyclic) bond motifs is 1. The van der Waals surface area contributed by atoms with Crippen molar-refractivity contribution in [3.05, 3.63) is 59.2 Å². The summed E-state index contributed by atoms with van der Waals surface area (Å²) in [5.74, 6) is -0.712. The van der Waals surface area contributed by atoms with E-state index in [2.05, 4.69) is 4.98 Å². The van der Waals surface area contributed by atoms with Gasteiger partial charge in [0.1, 0.15) is 0 Å². The number of nitrogens with one attached hydrogen (secondary N) is 1. The quantitative estimate of drug-likeness (QED) is 0.635. The molecule has 0 amide bonds. The van der Waals surface area contributed by atoms with Crippen LogP contribution in [0.3, 0.4) is 0 Å². The third kappa shape index (κ3) is 3.45. The molecule has 1 heterocycles. The lowest BCUT2D eigenvalue weighted by molar-refractivity contribution is -0.138. The fourth-order valence-corrected chi connectivity index (χ4v) is 3.03. The Kier molecular flexibility index (Phi) is 4.52. The van der Waals surface area contributed by atoms with Crippen LogP contribution in [0.5, 0.6) is 0 Å². The summed E-state index contributed by atoms with van der Waals surface area (Å²) in [6.07, 6.45) is -4.62. The van der Waals surface area contributed by atoms with Crippen LogP contribution in [0, 0.1) is 0 Å². The van der Waals surface area contributed by atoms with Gasteiger partial charge in [-0.1, -0.05) is 32.0 Å². The lowest BCUT2D eigenvalue weighted by Gasteiger charge is -2.08. The third-order valence-electron chi connectivity index (χ3n) is 4.43. The molecular formula is C20H18F3NO2. The Bertz CT molecular complexity index is 954. The summed E-state index contributed by atoms with van der Waals surface area (Å²) in [5, 5.41) is 10.1. The summed E-state index contributed by atoms with van der Waals surface area (Å²) in [4.78, 5) is 14.5. The first-order valence-corrected chi connectivity index (χ1v) is 8.20. The average molecular weight is 361 g/mol. The van der Waals surface area contributed by atoms with Crippen molar-refractivity contribution < 1.29 is 23.1 Å². The highest BCUT2D eigenvalue weighted by Crippen LogP contribution is 2.35. The number of aliphatic carboxylic acids is 1. The summed E-state index contributed by atoms with van der Waals surface area (Å²) in [7, 11) is 0. The Morgan fingerprint density at radius 2 is 1.77 bits per heavy atom. The Hall–Kier alpha value is -2.76. The topological polar surface area (TPSA) is 53.1 Å². The van der Waals surface area contributed by atoms with Gasteiger partial charge >= 0.3 is 12.1 Å². The fourth-order valence-electron chi connectivity index (χ4n) is 3.03. The minimum absolute atomic E-state index is 0.210. The van der Waals surface area contributed by atoms with E-state index in [9.17, 15) is 23.1 Å². The molecule has 0 aliphatic carbocycles. The molecule has 26 heavy (non-hydrogen) atoms. The molecule has 0 saturated heterocycles. The van der Waals surface area contributed by atoms with Crippen LogP contribution in [0.4, 0.5) is 13.2 Å². The van der Waals surface area contributed by atoms with Gasteiger partial charge < -0.3 is 10.1 Å². The first kappa shape index (κ1) is 18.0. The monoisotopic (exact) mass is 361 g/mol. The largest absolute Gasteiger partial charge is 0.481 e. The Labute approximate surface area is 148 Å². The highest BCUT2D eigenvalue weighted by atomic mass is 19.4. The molecule has 136 valence electrons. The normalized spacial score (nSPS) is 12.1. The lowest BCUT2D eigenvalue weighted by atomic mass is 9.97. The molecule has 0 saturated carbocycles. The molecule has 0 atom stereocenters. The molecule has 0 aliphatic heterocycles. The summed E-state index contributed by atoms with van der Waals surface area (Å²) in [6.45, 7) is 4.09. The Morgan fingerprint density at radius 1 is 1.12 bits per heavy atom. The van der Waals surface area contributed by atoms with Gasteiger partial charge in [0.2, 0.25) is 0 Å². The van der Waals surface area contributed by atoms with Crippen molar-refractivity contribution in [3.63, 3.8) is 0 Å². The summed E-state index contributed by atoms with van der Waals surface area (Å²) >= 11 is 0. The van der Waals surface area contributed by atoms with E-state index in [-0.39, 0.29) is 12.3 Å². The number of carbonyl (C=O) groups is 1. The maximum Gasteiger partial charge on any atom is 0.416 e.